The summed E-state index contributed by atoms with van der Waals surface area (Å²) in [6.45, 7) is 2.00. The monoisotopic (exact) mass is 226 g/mol. The van der Waals surface area contributed by atoms with Crippen LogP contribution in [0.2, 0.25) is 0 Å². The van der Waals surface area contributed by atoms with E-state index in [-0.39, 0.29) is 12.0 Å². The molecule has 82 valence electrons. The average Bonchev–Trinajstić information content (AvgIpc) is 2.42. The minimum absolute atomic E-state index is 0.149. The van der Waals surface area contributed by atoms with Crippen molar-refractivity contribution < 1.29 is 12.6 Å². The molecule has 15 heavy (non-hydrogen) atoms. The van der Waals surface area contributed by atoms with Crippen molar-refractivity contribution in [2.75, 3.05) is 6.26 Å². The van der Waals surface area contributed by atoms with Gasteiger partial charge in [0.25, 0.3) is 10.1 Å². The summed E-state index contributed by atoms with van der Waals surface area (Å²) in [6, 6.07) is 8.00. The second kappa shape index (κ2) is 3.61. The molecule has 0 aromatic heterocycles. The highest BCUT2D eigenvalue weighted by Gasteiger charge is 2.31. The summed E-state index contributed by atoms with van der Waals surface area (Å²) >= 11 is 0. The first-order chi connectivity index (χ1) is 6.97. The van der Waals surface area contributed by atoms with Crippen LogP contribution in [0, 0.1) is 0 Å². The predicted octanol–water partition coefficient (Wildman–Crippen LogP) is 1.69. The summed E-state index contributed by atoms with van der Waals surface area (Å²) in [6.07, 6.45) is 1.55. The molecule has 4 heteroatoms. The van der Waals surface area contributed by atoms with Crippen molar-refractivity contribution >= 4 is 10.1 Å². The van der Waals surface area contributed by atoms with Crippen molar-refractivity contribution in [3.05, 3.63) is 35.4 Å². The molecule has 1 aliphatic carbocycles. The van der Waals surface area contributed by atoms with Gasteiger partial charge in [0.2, 0.25) is 0 Å². The van der Waals surface area contributed by atoms with Gasteiger partial charge >= 0.3 is 0 Å². The van der Waals surface area contributed by atoms with E-state index in [0.717, 1.165) is 6.26 Å². The van der Waals surface area contributed by atoms with Crippen molar-refractivity contribution in [1.29, 1.82) is 0 Å². The van der Waals surface area contributed by atoms with Crippen LogP contribution in [0.5, 0.6) is 0 Å². The Bertz CT molecular complexity index is 464. The third-order valence-corrected chi connectivity index (χ3v) is 3.42. The Morgan fingerprint density at radius 3 is 2.60 bits per heavy atom. The van der Waals surface area contributed by atoms with Gasteiger partial charge in [-0.2, -0.15) is 8.42 Å². The Kier molecular flexibility index (Phi) is 2.56. The van der Waals surface area contributed by atoms with E-state index in [1.165, 1.54) is 11.1 Å². The third-order valence-electron chi connectivity index (χ3n) is 2.82. The van der Waals surface area contributed by atoms with Crippen LogP contribution in [0.15, 0.2) is 24.3 Å². The molecule has 0 bridgehead atoms. The zero-order chi connectivity index (χ0) is 11.1. The fraction of sp³-hybridized carbons (Fsp3) is 0.455. The maximum absolute atomic E-state index is 11.1. The molecule has 0 radical (unpaired) electrons. The number of hydrogen-bond donors (Lipinski definition) is 0. The van der Waals surface area contributed by atoms with Crippen LogP contribution in [-0.2, 0) is 20.7 Å². The van der Waals surface area contributed by atoms with Crippen molar-refractivity contribution in [1.82, 2.24) is 0 Å². The number of fused-ring (bicyclic) bond motifs is 1. The van der Waals surface area contributed by atoms with Crippen LogP contribution >= 0.6 is 0 Å². The first-order valence-electron chi connectivity index (χ1n) is 4.93. The molecule has 0 heterocycles. The van der Waals surface area contributed by atoms with E-state index in [1.807, 2.05) is 31.2 Å². The molecule has 2 rings (SSSR count). The topological polar surface area (TPSA) is 43.4 Å². The molecule has 0 saturated carbocycles. The van der Waals surface area contributed by atoms with Gasteiger partial charge in [0.15, 0.2) is 0 Å². The first kappa shape index (κ1) is 10.6. The molecule has 0 N–H and O–H groups in total. The van der Waals surface area contributed by atoms with Crippen LogP contribution in [0.4, 0.5) is 0 Å². The van der Waals surface area contributed by atoms with Gasteiger partial charge in [-0.1, -0.05) is 31.2 Å². The van der Waals surface area contributed by atoms with E-state index in [2.05, 4.69) is 0 Å². The lowest BCUT2D eigenvalue weighted by molar-refractivity contribution is 0.199. The largest absolute Gasteiger partial charge is 0.266 e. The van der Waals surface area contributed by atoms with Gasteiger partial charge in [-0.25, -0.2) is 0 Å². The van der Waals surface area contributed by atoms with E-state index in [0.29, 0.717) is 6.42 Å². The Morgan fingerprint density at radius 2 is 2.00 bits per heavy atom. The standard InChI is InChI=1S/C11H14O3S/c1-8-10-6-4-3-5-9(10)7-11(8)14-15(2,12)13/h3-6,8,11H,7H2,1-2H3/t8-,11+/m1/s1. The van der Waals surface area contributed by atoms with Crippen LogP contribution in [0.3, 0.4) is 0 Å². The lowest BCUT2D eigenvalue weighted by Crippen LogP contribution is -2.20. The molecule has 0 unspecified atom stereocenters. The molecular weight excluding hydrogens is 212 g/mol. The highest BCUT2D eigenvalue weighted by Crippen LogP contribution is 2.35. The third kappa shape index (κ3) is 2.21. The quantitative estimate of drug-likeness (QED) is 0.721. The van der Waals surface area contributed by atoms with Gasteiger partial charge in [0.05, 0.1) is 12.4 Å². The van der Waals surface area contributed by atoms with Crippen LogP contribution < -0.4 is 0 Å². The molecule has 0 saturated heterocycles. The summed E-state index contributed by atoms with van der Waals surface area (Å²) in [5, 5.41) is 0. The van der Waals surface area contributed by atoms with Crippen LogP contribution in [0.1, 0.15) is 24.0 Å². The summed E-state index contributed by atoms with van der Waals surface area (Å²) in [5.74, 6) is 0.149. The number of benzene rings is 1. The molecule has 2 atom stereocenters. The highest BCUT2D eigenvalue weighted by molar-refractivity contribution is 7.86. The molecule has 3 nitrogen and oxygen atoms in total. The maximum Gasteiger partial charge on any atom is 0.264 e. The Labute approximate surface area is 90.2 Å². The molecular formula is C11H14O3S. The summed E-state index contributed by atoms with van der Waals surface area (Å²) < 4.78 is 27.2. The maximum atomic E-state index is 11.1. The summed E-state index contributed by atoms with van der Waals surface area (Å²) in [5.41, 5.74) is 2.39. The minimum Gasteiger partial charge on any atom is -0.266 e. The zero-order valence-electron chi connectivity index (χ0n) is 8.80. The molecule has 0 fully saturated rings. The fourth-order valence-corrected chi connectivity index (χ4v) is 2.78. The van der Waals surface area contributed by atoms with Gasteiger partial charge in [0.1, 0.15) is 0 Å². The highest BCUT2D eigenvalue weighted by atomic mass is 32.2. The lowest BCUT2D eigenvalue weighted by Gasteiger charge is -2.14. The van der Waals surface area contributed by atoms with E-state index < -0.39 is 10.1 Å². The molecule has 1 aromatic carbocycles. The van der Waals surface area contributed by atoms with Gasteiger partial charge in [0, 0.05) is 12.3 Å². The van der Waals surface area contributed by atoms with Crippen molar-refractivity contribution in [2.45, 2.75) is 25.4 Å². The SMILES string of the molecule is C[C@@H]1c2ccccc2C[C@@H]1OS(C)(=O)=O. The molecule has 0 spiro atoms. The fourth-order valence-electron chi connectivity index (χ4n) is 2.10. The van der Waals surface area contributed by atoms with E-state index in [4.69, 9.17) is 4.18 Å². The lowest BCUT2D eigenvalue weighted by atomic mass is 10.0. The Hall–Kier alpha value is -0.870. The Balaban J connectivity index is 2.24. The molecule has 1 aliphatic rings. The second-order valence-electron chi connectivity index (χ2n) is 4.03. The van der Waals surface area contributed by atoms with Crippen molar-refractivity contribution in [2.24, 2.45) is 0 Å². The van der Waals surface area contributed by atoms with Gasteiger partial charge in [-0.15, -0.1) is 0 Å². The summed E-state index contributed by atoms with van der Waals surface area (Å²) in [7, 11) is -3.36. The zero-order valence-corrected chi connectivity index (χ0v) is 9.62. The van der Waals surface area contributed by atoms with Crippen molar-refractivity contribution in [3.8, 4) is 0 Å². The van der Waals surface area contributed by atoms with Gasteiger partial charge in [-0.3, -0.25) is 4.18 Å². The molecule has 0 amide bonds. The average molecular weight is 226 g/mol. The van der Waals surface area contributed by atoms with Crippen LogP contribution in [-0.4, -0.2) is 20.8 Å². The first-order valence-corrected chi connectivity index (χ1v) is 6.75. The predicted molar refractivity (Wildman–Crippen MR) is 58.3 cm³/mol. The number of rotatable bonds is 2. The Morgan fingerprint density at radius 1 is 1.33 bits per heavy atom. The van der Waals surface area contributed by atoms with Crippen LogP contribution in [0.25, 0.3) is 0 Å². The number of hydrogen-bond acceptors (Lipinski definition) is 3. The van der Waals surface area contributed by atoms with Gasteiger partial charge < -0.3 is 0 Å². The van der Waals surface area contributed by atoms with E-state index in [9.17, 15) is 8.42 Å². The van der Waals surface area contributed by atoms with E-state index in [1.54, 1.807) is 0 Å². The summed E-state index contributed by atoms with van der Waals surface area (Å²) in [4.78, 5) is 0. The molecule has 1 aromatic rings. The molecule has 0 aliphatic heterocycles. The normalized spacial score (nSPS) is 25.2. The van der Waals surface area contributed by atoms with E-state index >= 15 is 0 Å². The second-order valence-corrected chi connectivity index (χ2v) is 5.63. The smallest absolute Gasteiger partial charge is 0.264 e. The minimum atomic E-state index is -3.36. The van der Waals surface area contributed by atoms with Gasteiger partial charge in [-0.05, 0) is 11.1 Å². The van der Waals surface area contributed by atoms with Crippen molar-refractivity contribution in [3.63, 3.8) is 0 Å².